The van der Waals surface area contributed by atoms with E-state index in [4.69, 9.17) is 4.74 Å². The van der Waals surface area contributed by atoms with Crippen LogP contribution < -0.4 is 10.1 Å². The summed E-state index contributed by atoms with van der Waals surface area (Å²) in [5, 5.41) is 3.29. The van der Waals surface area contributed by atoms with Crippen molar-refractivity contribution >= 4 is 11.5 Å². The maximum atomic E-state index is 12.8. The van der Waals surface area contributed by atoms with E-state index in [9.17, 15) is 4.79 Å². The second-order valence-corrected chi connectivity index (χ2v) is 7.81. The zero-order valence-corrected chi connectivity index (χ0v) is 16.7. The molecule has 0 unspecified atom stereocenters. The van der Waals surface area contributed by atoms with E-state index in [0.29, 0.717) is 0 Å². The molecule has 1 aliphatic carbocycles. The molecule has 0 spiro atoms. The van der Waals surface area contributed by atoms with Crippen molar-refractivity contribution in [2.45, 2.75) is 38.8 Å². The Hall–Kier alpha value is -2.59. The van der Waals surface area contributed by atoms with Crippen LogP contribution in [-0.2, 0) is 17.8 Å². The summed E-state index contributed by atoms with van der Waals surface area (Å²) >= 11 is 0. The number of nitrogens with zero attached hydrogens (tertiary/aromatic N) is 1. The van der Waals surface area contributed by atoms with Crippen LogP contribution >= 0.6 is 0 Å². The first-order chi connectivity index (χ1) is 13.6. The molecule has 1 aliphatic heterocycles. The fourth-order valence-corrected chi connectivity index (χ4v) is 4.27. The molecule has 2 aliphatic rings. The smallest absolute Gasteiger partial charge is 0.248 e. The molecule has 2 aromatic carbocycles. The van der Waals surface area contributed by atoms with Crippen molar-refractivity contribution in [2.24, 2.45) is 0 Å². The number of hydrogen-bond donors (Lipinski definition) is 1. The highest BCUT2D eigenvalue weighted by atomic mass is 16.5. The first-order valence-corrected chi connectivity index (χ1v) is 10.1. The summed E-state index contributed by atoms with van der Waals surface area (Å²) in [7, 11) is 1.69. The number of amides is 1. The van der Waals surface area contributed by atoms with Gasteiger partial charge in [-0.3, -0.25) is 9.69 Å². The van der Waals surface area contributed by atoms with E-state index in [2.05, 4.69) is 41.4 Å². The van der Waals surface area contributed by atoms with Crippen molar-refractivity contribution in [2.75, 3.05) is 20.2 Å². The molecule has 1 saturated heterocycles. The van der Waals surface area contributed by atoms with Gasteiger partial charge >= 0.3 is 0 Å². The van der Waals surface area contributed by atoms with Gasteiger partial charge in [0.2, 0.25) is 5.91 Å². The van der Waals surface area contributed by atoms with Crippen LogP contribution in [0.2, 0.25) is 0 Å². The largest absolute Gasteiger partial charge is 0.497 e. The molecule has 0 atom stereocenters. The summed E-state index contributed by atoms with van der Waals surface area (Å²) in [6, 6.07) is 16.9. The lowest BCUT2D eigenvalue weighted by Gasteiger charge is -2.32. The van der Waals surface area contributed by atoms with Crippen LogP contribution in [0.4, 0.5) is 0 Å². The topological polar surface area (TPSA) is 41.6 Å². The monoisotopic (exact) mass is 376 g/mol. The molecule has 4 nitrogen and oxygen atoms in total. The molecule has 1 heterocycles. The minimum absolute atomic E-state index is 0.113. The van der Waals surface area contributed by atoms with Crippen molar-refractivity contribution < 1.29 is 9.53 Å². The van der Waals surface area contributed by atoms with Crippen molar-refractivity contribution in [1.82, 2.24) is 10.2 Å². The molecule has 4 heteroatoms. The number of methoxy groups -OCH3 is 1. The minimum atomic E-state index is 0.113. The van der Waals surface area contributed by atoms with Crippen LogP contribution in [0.25, 0.3) is 5.57 Å². The van der Waals surface area contributed by atoms with E-state index < -0.39 is 0 Å². The van der Waals surface area contributed by atoms with E-state index in [-0.39, 0.29) is 11.9 Å². The van der Waals surface area contributed by atoms with Gasteiger partial charge in [0.25, 0.3) is 0 Å². The SMILES string of the molecule is COc1ccc(CN2CCC(NC(=O)C3=C(C)c4ccccc4C3)CC2)cc1. The number of carbonyl (C=O) groups is 1. The van der Waals surface area contributed by atoms with E-state index in [1.54, 1.807) is 7.11 Å². The van der Waals surface area contributed by atoms with Gasteiger partial charge in [0.1, 0.15) is 5.75 Å². The first-order valence-electron chi connectivity index (χ1n) is 10.1. The van der Waals surface area contributed by atoms with Gasteiger partial charge in [-0.1, -0.05) is 36.4 Å². The van der Waals surface area contributed by atoms with E-state index >= 15 is 0 Å². The lowest BCUT2D eigenvalue weighted by atomic mass is 10.0. The summed E-state index contributed by atoms with van der Waals surface area (Å²) in [6.07, 6.45) is 2.76. The van der Waals surface area contributed by atoms with E-state index in [1.807, 2.05) is 24.3 Å². The number of nitrogens with one attached hydrogen (secondary N) is 1. The minimum Gasteiger partial charge on any atom is -0.497 e. The highest BCUT2D eigenvalue weighted by molar-refractivity contribution is 6.03. The third kappa shape index (κ3) is 3.97. The molecule has 2 aromatic rings. The van der Waals surface area contributed by atoms with Crippen LogP contribution in [0.5, 0.6) is 5.75 Å². The molecule has 1 fully saturated rings. The van der Waals surface area contributed by atoms with Gasteiger partial charge < -0.3 is 10.1 Å². The molecule has 0 radical (unpaired) electrons. The van der Waals surface area contributed by atoms with Gasteiger partial charge in [-0.2, -0.15) is 0 Å². The average Bonchev–Trinajstić information content (AvgIpc) is 3.07. The summed E-state index contributed by atoms with van der Waals surface area (Å²) in [6.45, 7) is 5.03. The quantitative estimate of drug-likeness (QED) is 0.863. The van der Waals surface area contributed by atoms with Gasteiger partial charge in [0.05, 0.1) is 7.11 Å². The fourth-order valence-electron chi connectivity index (χ4n) is 4.27. The summed E-state index contributed by atoms with van der Waals surface area (Å²) in [5.74, 6) is 1.01. The number of ether oxygens (including phenoxy) is 1. The number of likely N-dealkylation sites (tertiary alicyclic amines) is 1. The second kappa shape index (κ2) is 8.19. The molecule has 1 amide bonds. The molecule has 1 N–H and O–H groups in total. The molecule has 28 heavy (non-hydrogen) atoms. The summed E-state index contributed by atoms with van der Waals surface area (Å²) in [5.41, 5.74) is 5.85. The maximum absolute atomic E-state index is 12.8. The number of carbonyl (C=O) groups excluding carboxylic acids is 1. The Morgan fingerprint density at radius 3 is 2.50 bits per heavy atom. The maximum Gasteiger partial charge on any atom is 0.248 e. The molecular formula is C24H28N2O2. The Morgan fingerprint density at radius 1 is 1.11 bits per heavy atom. The van der Waals surface area contributed by atoms with Gasteiger partial charge in [-0.05, 0) is 54.2 Å². The van der Waals surface area contributed by atoms with Crippen molar-refractivity contribution in [3.63, 3.8) is 0 Å². The molecular weight excluding hydrogens is 348 g/mol. The Morgan fingerprint density at radius 2 is 1.82 bits per heavy atom. The molecule has 0 aromatic heterocycles. The molecule has 0 saturated carbocycles. The Bertz CT molecular complexity index is 878. The first kappa shape index (κ1) is 18.8. The number of piperidine rings is 1. The third-order valence-corrected chi connectivity index (χ3v) is 6.00. The van der Waals surface area contributed by atoms with Crippen LogP contribution in [0, 0.1) is 0 Å². The average molecular weight is 377 g/mol. The normalized spacial score (nSPS) is 17.5. The molecule has 4 rings (SSSR count). The van der Waals surface area contributed by atoms with Crippen molar-refractivity contribution in [3.05, 3.63) is 70.8 Å². The predicted octanol–water partition coefficient (Wildman–Crippen LogP) is 3.81. The Kier molecular flexibility index (Phi) is 5.49. The number of benzene rings is 2. The summed E-state index contributed by atoms with van der Waals surface area (Å²) < 4.78 is 5.22. The van der Waals surface area contributed by atoms with Crippen molar-refractivity contribution in [1.29, 1.82) is 0 Å². The van der Waals surface area contributed by atoms with E-state index in [1.165, 1.54) is 16.7 Å². The van der Waals surface area contributed by atoms with Gasteiger partial charge in [-0.15, -0.1) is 0 Å². The van der Waals surface area contributed by atoms with Gasteiger partial charge in [0, 0.05) is 37.7 Å². The lowest BCUT2D eigenvalue weighted by molar-refractivity contribution is -0.118. The highest BCUT2D eigenvalue weighted by Gasteiger charge is 2.26. The zero-order valence-electron chi connectivity index (χ0n) is 16.7. The molecule has 146 valence electrons. The highest BCUT2D eigenvalue weighted by Crippen LogP contribution is 2.32. The van der Waals surface area contributed by atoms with Crippen LogP contribution in [0.3, 0.4) is 0 Å². The van der Waals surface area contributed by atoms with E-state index in [0.717, 1.165) is 55.8 Å². The fraction of sp³-hybridized carbons (Fsp3) is 0.375. The van der Waals surface area contributed by atoms with Crippen LogP contribution in [0.15, 0.2) is 54.1 Å². The predicted molar refractivity (Wildman–Crippen MR) is 112 cm³/mol. The lowest BCUT2D eigenvalue weighted by Crippen LogP contribution is -2.44. The Balaban J connectivity index is 1.29. The number of hydrogen-bond acceptors (Lipinski definition) is 3. The second-order valence-electron chi connectivity index (χ2n) is 7.81. The molecule has 0 bridgehead atoms. The van der Waals surface area contributed by atoms with Crippen LogP contribution in [0.1, 0.15) is 36.5 Å². The third-order valence-electron chi connectivity index (χ3n) is 6.00. The van der Waals surface area contributed by atoms with Crippen molar-refractivity contribution in [3.8, 4) is 5.75 Å². The summed E-state index contributed by atoms with van der Waals surface area (Å²) in [4.78, 5) is 15.3. The number of fused-ring (bicyclic) bond motifs is 1. The standard InChI is InChI=1S/C24H28N2O2/c1-17-22-6-4-3-5-19(22)15-23(17)24(27)25-20-11-13-26(14-12-20)16-18-7-9-21(28-2)10-8-18/h3-10,20H,11-16H2,1-2H3,(H,25,27). The van der Waals surface area contributed by atoms with Gasteiger partial charge in [-0.25, -0.2) is 0 Å². The zero-order chi connectivity index (χ0) is 19.5. The van der Waals surface area contributed by atoms with Crippen LogP contribution in [-0.4, -0.2) is 37.0 Å². The van der Waals surface area contributed by atoms with Gasteiger partial charge in [0.15, 0.2) is 0 Å². The Labute approximate surface area is 167 Å². The number of allylic oxidation sites excluding steroid dienone is 1. The number of rotatable bonds is 5.